The molecule has 0 unspecified atom stereocenters. The predicted molar refractivity (Wildman–Crippen MR) is 84.6 cm³/mol. The Balaban J connectivity index is 1.66. The monoisotopic (exact) mass is 313 g/mol. The minimum atomic E-state index is -0.156. The van der Waals surface area contributed by atoms with Crippen molar-refractivity contribution in [2.45, 2.75) is 13.5 Å². The highest BCUT2D eigenvalue weighted by molar-refractivity contribution is 7.15. The van der Waals surface area contributed by atoms with Crippen molar-refractivity contribution in [2.75, 3.05) is 6.54 Å². The molecule has 1 aromatic carbocycles. The number of carbonyl (C=O) groups excluding carboxylic acids is 1. The molecule has 0 fully saturated rings. The average molecular weight is 313 g/mol. The molecule has 7 heteroatoms. The van der Waals surface area contributed by atoms with Crippen molar-refractivity contribution in [3.8, 4) is 10.6 Å². The number of benzene rings is 1. The highest BCUT2D eigenvalue weighted by Crippen LogP contribution is 2.27. The van der Waals surface area contributed by atoms with Gasteiger partial charge in [-0.25, -0.2) is 4.98 Å². The maximum absolute atomic E-state index is 12.2. The third-order valence-electron chi connectivity index (χ3n) is 3.13. The molecule has 22 heavy (non-hydrogen) atoms. The van der Waals surface area contributed by atoms with E-state index >= 15 is 0 Å². The number of hydrogen-bond donors (Lipinski definition) is 1. The minimum Gasteiger partial charge on any atom is -0.349 e. The number of nitrogens with one attached hydrogen (secondary N) is 1. The Hall–Kier alpha value is -2.54. The molecule has 1 amide bonds. The summed E-state index contributed by atoms with van der Waals surface area (Å²) >= 11 is 1.53. The fourth-order valence-corrected chi connectivity index (χ4v) is 2.95. The van der Waals surface area contributed by atoms with Gasteiger partial charge >= 0.3 is 0 Å². The SMILES string of the molecule is Cc1sc(-c2ccccc2)nc1C(=O)NCCn1ccnn1. The van der Waals surface area contributed by atoms with E-state index in [1.54, 1.807) is 17.1 Å². The van der Waals surface area contributed by atoms with E-state index in [4.69, 9.17) is 0 Å². The summed E-state index contributed by atoms with van der Waals surface area (Å²) in [6.45, 7) is 2.98. The van der Waals surface area contributed by atoms with Gasteiger partial charge in [-0.3, -0.25) is 9.48 Å². The molecular weight excluding hydrogens is 298 g/mol. The van der Waals surface area contributed by atoms with Crippen LogP contribution < -0.4 is 5.32 Å². The zero-order chi connectivity index (χ0) is 15.4. The van der Waals surface area contributed by atoms with E-state index in [-0.39, 0.29) is 5.91 Å². The molecule has 0 atom stereocenters. The lowest BCUT2D eigenvalue weighted by Crippen LogP contribution is -2.28. The number of aromatic nitrogens is 4. The molecule has 0 aliphatic heterocycles. The number of hydrogen-bond acceptors (Lipinski definition) is 5. The first-order chi connectivity index (χ1) is 10.7. The number of rotatable bonds is 5. The molecule has 112 valence electrons. The van der Waals surface area contributed by atoms with Gasteiger partial charge in [0.2, 0.25) is 0 Å². The zero-order valence-electron chi connectivity index (χ0n) is 12.1. The van der Waals surface area contributed by atoms with Crippen LogP contribution in [0.5, 0.6) is 0 Å². The summed E-state index contributed by atoms with van der Waals surface area (Å²) in [5, 5.41) is 11.3. The van der Waals surface area contributed by atoms with E-state index in [2.05, 4.69) is 20.6 Å². The molecule has 0 saturated heterocycles. The van der Waals surface area contributed by atoms with Crippen LogP contribution in [0.2, 0.25) is 0 Å². The smallest absolute Gasteiger partial charge is 0.271 e. The van der Waals surface area contributed by atoms with Gasteiger partial charge < -0.3 is 5.32 Å². The lowest BCUT2D eigenvalue weighted by atomic mass is 10.2. The van der Waals surface area contributed by atoms with Crippen molar-refractivity contribution in [3.05, 3.63) is 53.3 Å². The first kappa shape index (κ1) is 14.4. The van der Waals surface area contributed by atoms with Crippen LogP contribution >= 0.6 is 11.3 Å². The van der Waals surface area contributed by atoms with E-state index < -0.39 is 0 Å². The van der Waals surface area contributed by atoms with Gasteiger partial charge in [0.15, 0.2) is 0 Å². The van der Waals surface area contributed by atoms with Crippen molar-refractivity contribution in [3.63, 3.8) is 0 Å². The Morgan fingerprint density at radius 1 is 1.32 bits per heavy atom. The van der Waals surface area contributed by atoms with Crippen molar-refractivity contribution in [1.82, 2.24) is 25.3 Å². The van der Waals surface area contributed by atoms with Gasteiger partial charge in [0.05, 0.1) is 12.7 Å². The van der Waals surface area contributed by atoms with Crippen LogP contribution in [-0.2, 0) is 6.54 Å². The maximum Gasteiger partial charge on any atom is 0.271 e. The van der Waals surface area contributed by atoms with Crippen molar-refractivity contribution < 1.29 is 4.79 Å². The predicted octanol–water partition coefficient (Wildman–Crippen LogP) is 2.14. The van der Waals surface area contributed by atoms with Gasteiger partial charge in [-0.15, -0.1) is 16.4 Å². The molecule has 3 rings (SSSR count). The van der Waals surface area contributed by atoms with Crippen LogP contribution in [0.15, 0.2) is 42.7 Å². The van der Waals surface area contributed by atoms with Gasteiger partial charge in [-0.2, -0.15) is 0 Å². The minimum absolute atomic E-state index is 0.156. The molecule has 0 spiro atoms. The van der Waals surface area contributed by atoms with Crippen LogP contribution in [-0.4, -0.2) is 32.4 Å². The summed E-state index contributed by atoms with van der Waals surface area (Å²) in [6.07, 6.45) is 3.37. The second-order valence-corrected chi connectivity index (χ2v) is 5.92. The van der Waals surface area contributed by atoms with Gasteiger partial charge in [-0.1, -0.05) is 35.5 Å². The van der Waals surface area contributed by atoms with E-state index in [1.807, 2.05) is 37.3 Å². The Labute approximate surface area is 131 Å². The fraction of sp³-hybridized carbons (Fsp3) is 0.200. The number of carbonyl (C=O) groups is 1. The Kier molecular flexibility index (Phi) is 4.24. The van der Waals surface area contributed by atoms with Crippen LogP contribution in [0, 0.1) is 6.92 Å². The number of nitrogens with zero attached hydrogens (tertiary/aromatic N) is 4. The number of amides is 1. The standard InChI is InChI=1S/C15H15N5OS/c1-11-13(14(21)16-7-9-20-10-8-17-19-20)18-15(22-11)12-5-3-2-4-6-12/h2-6,8,10H,7,9H2,1H3,(H,16,21). The van der Waals surface area contributed by atoms with Crippen molar-refractivity contribution in [1.29, 1.82) is 0 Å². The zero-order valence-corrected chi connectivity index (χ0v) is 12.9. The van der Waals surface area contributed by atoms with E-state index in [9.17, 15) is 4.79 Å². The molecule has 0 radical (unpaired) electrons. The molecule has 3 aromatic rings. The highest BCUT2D eigenvalue weighted by atomic mass is 32.1. The Morgan fingerprint density at radius 3 is 2.86 bits per heavy atom. The first-order valence-electron chi connectivity index (χ1n) is 6.89. The molecule has 0 saturated carbocycles. The van der Waals surface area contributed by atoms with E-state index in [0.717, 1.165) is 15.4 Å². The van der Waals surface area contributed by atoms with Crippen LogP contribution in [0.3, 0.4) is 0 Å². The molecule has 0 aliphatic carbocycles. The average Bonchev–Trinajstić information content (AvgIpc) is 3.17. The maximum atomic E-state index is 12.2. The van der Waals surface area contributed by atoms with Crippen LogP contribution in [0.4, 0.5) is 0 Å². The van der Waals surface area contributed by atoms with Gasteiger partial charge in [0, 0.05) is 23.2 Å². The van der Waals surface area contributed by atoms with Gasteiger partial charge in [0.25, 0.3) is 5.91 Å². The molecule has 2 aromatic heterocycles. The Morgan fingerprint density at radius 2 is 2.14 bits per heavy atom. The molecule has 0 bridgehead atoms. The first-order valence-corrected chi connectivity index (χ1v) is 7.71. The summed E-state index contributed by atoms with van der Waals surface area (Å²) in [5.41, 5.74) is 1.51. The topological polar surface area (TPSA) is 72.7 Å². The molecule has 0 aliphatic rings. The molecule has 2 heterocycles. The van der Waals surface area contributed by atoms with Gasteiger partial charge in [-0.05, 0) is 6.92 Å². The lowest BCUT2D eigenvalue weighted by molar-refractivity contribution is 0.0947. The normalized spacial score (nSPS) is 10.6. The second-order valence-electron chi connectivity index (χ2n) is 4.71. The highest BCUT2D eigenvalue weighted by Gasteiger charge is 2.15. The van der Waals surface area contributed by atoms with E-state index in [1.165, 1.54) is 11.3 Å². The number of aryl methyl sites for hydroxylation is 1. The van der Waals surface area contributed by atoms with Gasteiger partial charge in [0.1, 0.15) is 10.7 Å². The largest absolute Gasteiger partial charge is 0.349 e. The quantitative estimate of drug-likeness (QED) is 0.783. The summed E-state index contributed by atoms with van der Waals surface area (Å²) in [6, 6.07) is 9.87. The summed E-state index contributed by atoms with van der Waals surface area (Å²) in [4.78, 5) is 17.6. The lowest BCUT2D eigenvalue weighted by Gasteiger charge is -2.03. The molecule has 1 N–H and O–H groups in total. The van der Waals surface area contributed by atoms with E-state index in [0.29, 0.717) is 18.8 Å². The fourth-order valence-electron chi connectivity index (χ4n) is 2.03. The summed E-state index contributed by atoms with van der Waals surface area (Å²) in [5.74, 6) is -0.156. The second kappa shape index (κ2) is 6.48. The molecule has 6 nitrogen and oxygen atoms in total. The van der Waals surface area contributed by atoms with Crippen LogP contribution in [0.25, 0.3) is 10.6 Å². The summed E-state index contributed by atoms with van der Waals surface area (Å²) < 4.78 is 1.67. The summed E-state index contributed by atoms with van der Waals surface area (Å²) in [7, 11) is 0. The Bertz CT molecular complexity index is 752. The van der Waals surface area contributed by atoms with Crippen molar-refractivity contribution in [2.24, 2.45) is 0 Å². The third kappa shape index (κ3) is 3.20. The van der Waals surface area contributed by atoms with Crippen molar-refractivity contribution >= 4 is 17.2 Å². The third-order valence-corrected chi connectivity index (χ3v) is 4.15. The molecular formula is C15H15N5OS. The number of thiazole rings is 1. The van der Waals surface area contributed by atoms with Crippen LogP contribution in [0.1, 0.15) is 15.4 Å².